The van der Waals surface area contributed by atoms with Gasteiger partial charge in [0.25, 0.3) is 0 Å². The number of morpholine rings is 1. The predicted molar refractivity (Wildman–Crippen MR) is 49.3 cm³/mol. The van der Waals surface area contributed by atoms with Crippen molar-refractivity contribution >= 4 is 5.91 Å². The van der Waals surface area contributed by atoms with Crippen molar-refractivity contribution < 1.29 is 9.53 Å². The molecule has 1 heterocycles. The van der Waals surface area contributed by atoms with Gasteiger partial charge in [0.15, 0.2) is 0 Å². The van der Waals surface area contributed by atoms with E-state index in [-0.39, 0.29) is 23.7 Å². The Morgan fingerprint density at radius 3 is 2.62 bits per heavy atom. The number of carbonyl (C=O) groups excluding carboxylic acids is 1. The minimum Gasteiger partial charge on any atom is -0.360 e. The van der Waals surface area contributed by atoms with Crippen molar-refractivity contribution in [2.24, 2.45) is 5.92 Å². The Bertz CT molecular complexity index is 233. The van der Waals surface area contributed by atoms with Crippen LogP contribution in [-0.4, -0.2) is 23.7 Å². The first-order valence-corrected chi connectivity index (χ1v) is 5.03. The zero-order chi connectivity index (χ0) is 9.64. The monoisotopic (exact) mass is 183 g/mol. The maximum Gasteiger partial charge on any atom is 0.249 e. The lowest BCUT2D eigenvalue weighted by atomic mass is 9.94. The number of rotatable bonds is 1. The van der Waals surface area contributed by atoms with E-state index in [2.05, 4.69) is 19.2 Å². The standard InChI is InChI=1S/C10H17NO2/c1-6(2)8-10(4-5-10)13-7(3)9(12)11-8/h6-8H,4-5H2,1-3H3,(H,11,12). The molecule has 1 spiro atoms. The van der Waals surface area contributed by atoms with Gasteiger partial charge in [-0.3, -0.25) is 4.79 Å². The summed E-state index contributed by atoms with van der Waals surface area (Å²) in [7, 11) is 0. The predicted octanol–water partition coefficient (Wildman–Crippen LogP) is 1.08. The van der Waals surface area contributed by atoms with Crippen LogP contribution in [-0.2, 0) is 9.53 Å². The van der Waals surface area contributed by atoms with Gasteiger partial charge in [0.1, 0.15) is 6.10 Å². The molecular formula is C10H17NO2. The highest BCUT2D eigenvalue weighted by atomic mass is 16.5. The molecular weight excluding hydrogens is 166 g/mol. The van der Waals surface area contributed by atoms with E-state index in [4.69, 9.17) is 4.74 Å². The van der Waals surface area contributed by atoms with E-state index >= 15 is 0 Å². The fraction of sp³-hybridized carbons (Fsp3) is 0.900. The lowest BCUT2D eigenvalue weighted by Gasteiger charge is -2.38. The van der Waals surface area contributed by atoms with E-state index in [1.54, 1.807) is 0 Å². The van der Waals surface area contributed by atoms with E-state index in [0.717, 1.165) is 12.8 Å². The first kappa shape index (κ1) is 9.00. The molecule has 74 valence electrons. The Hall–Kier alpha value is -0.570. The number of hydrogen-bond acceptors (Lipinski definition) is 2. The van der Waals surface area contributed by atoms with Crippen LogP contribution >= 0.6 is 0 Å². The Morgan fingerprint density at radius 1 is 1.54 bits per heavy atom. The third-order valence-electron chi connectivity index (χ3n) is 3.05. The minimum atomic E-state index is -0.266. The van der Waals surface area contributed by atoms with E-state index in [9.17, 15) is 4.79 Å². The van der Waals surface area contributed by atoms with Crippen molar-refractivity contribution in [1.82, 2.24) is 5.32 Å². The molecule has 2 unspecified atom stereocenters. The van der Waals surface area contributed by atoms with Crippen LogP contribution in [0.15, 0.2) is 0 Å². The fourth-order valence-corrected chi connectivity index (χ4v) is 2.21. The number of ether oxygens (including phenoxy) is 1. The summed E-state index contributed by atoms with van der Waals surface area (Å²) in [6, 6.07) is 0.219. The van der Waals surface area contributed by atoms with Crippen molar-refractivity contribution in [3.63, 3.8) is 0 Å². The lowest BCUT2D eigenvalue weighted by molar-refractivity contribution is -0.153. The molecule has 13 heavy (non-hydrogen) atoms. The van der Waals surface area contributed by atoms with Gasteiger partial charge in [-0.15, -0.1) is 0 Å². The molecule has 0 radical (unpaired) electrons. The van der Waals surface area contributed by atoms with E-state index in [1.165, 1.54) is 0 Å². The topological polar surface area (TPSA) is 38.3 Å². The van der Waals surface area contributed by atoms with Crippen LogP contribution in [0.1, 0.15) is 33.6 Å². The van der Waals surface area contributed by atoms with Crippen molar-refractivity contribution in [2.45, 2.75) is 51.4 Å². The average molecular weight is 183 g/mol. The molecule has 2 rings (SSSR count). The number of carbonyl (C=O) groups is 1. The molecule has 1 saturated carbocycles. The first-order valence-electron chi connectivity index (χ1n) is 5.03. The van der Waals surface area contributed by atoms with Gasteiger partial charge >= 0.3 is 0 Å². The zero-order valence-corrected chi connectivity index (χ0v) is 8.46. The normalized spacial score (nSPS) is 36.5. The Balaban J connectivity index is 2.14. The quantitative estimate of drug-likeness (QED) is 0.660. The van der Waals surface area contributed by atoms with E-state index in [0.29, 0.717) is 5.92 Å². The molecule has 1 N–H and O–H groups in total. The molecule has 2 atom stereocenters. The van der Waals surface area contributed by atoms with Gasteiger partial charge in [0.05, 0.1) is 11.6 Å². The molecule has 3 heteroatoms. The second-order valence-electron chi connectivity index (χ2n) is 4.56. The van der Waals surface area contributed by atoms with E-state index in [1.807, 2.05) is 6.92 Å². The van der Waals surface area contributed by atoms with Gasteiger partial charge in [0.2, 0.25) is 5.91 Å². The Labute approximate surface area is 78.8 Å². The maximum atomic E-state index is 11.4. The van der Waals surface area contributed by atoms with Crippen LogP contribution in [0.2, 0.25) is 0 Å². The highest BCUT2D eigenvalue weighted by Crippen LogP contribution is 2.47. The second-order valence-corrected chi connectivity index (χ2v) is 4.56. The van der Waals surface area contributed by atoms with Crippen LogP contribution in [0.3, 0.4) is 0 Å². The minimum absolute atomic E-state index is 0.0124. The molecule has 1 aliphatic carbocycles. The third-order valence-corrected chi connectivity index (χ3v) is 3.05. The SMILES string of the molecule is CC1OC2(CC2)C(C(C)C)NC1=O. The summed E-state index contributed by atoms with van der Waals surface area (Å²) in [6.45, 7) is 6.08. The summed E-state index contributed by atoms with van der Waals surface area (Å²) in [6.07, 6.45) is 1.93. The van der Waals surface area contributed by atoms with Crippen molar-refractivity contribution in [2.75, 3.05) is 0 Å². The van der Waals surface area contributed by atoms with Gasteiger partial charge in [0, 0.05) is 0 Å². The molecule has 1 saturated heterocycles. The molecule has 0 aromatic carbocycles. The van der Waals surface area contributed by atoms with Crippen molar-refractivity contribution in [3.05, 3.63) is 0 Å². The van der Waals surface area contributed by atoms with Crippen LogP contribution in [0.4, 0.5) is 0 Å². The molecule has 2 fully saturated rings. The van der Waals surface area contributed by atoms with Gasteiger partial charge in [-0.25, -0.2) is 0 Å². The molecule has 1 aliphatic heterocycles. The maximum absolute atomic E-state index is 11.4. The lowest BCUT2D eigenvalue weighted by Crippen LogP contribution is -2.58. The molecule has 2 aliphatic rings. The number of hydrogen-bond donors (Lipinski definition) is 1. The summed E-state index contributed by atoms with van der Waals surface area (Å²) >= 11 is 0. The smallest absolute Gasteiger partial charge is 0.249 e. The van der Waals surface area contributed by atoms with Gasteiger partial charge < -0.3 is 10.1 Å². The third kappa shape index (κ3) is 1.35. The van der Waals surface area contributed by atoms with E-state index < -0.39 is 0 Å². The molecule has 0 aromatic rings. The summed E-state index contributed by atoms with van der Waals surface area (Å²) in [5.74, 6) is 0.496. The van der Waals surface area contributed by atoms with Crippen LogP contribution in [0.5, 0.6) is 0 Å². The highest BCUT2D eigenvalue weighted by Gasteiger charge is 2.56. The second kappa shape index (κ2) is 2.71. The fourth-order valence-electron chi connectivity index (χ4n) is 2.21. The zero-order valence-electron chi connectivity index (χ0n) is 8.46. The summed E-state index contributed by atoms with van der Waals surface area (Å²) < 4.78 is 5.76. The molecule has 3 nitrogen and oxygen atoms in total. The largest absolute Gasteiger partial charge is 0.360 e. The summed E-state index contributed by atoms with van der Waals surface area (Å²) in [5, 5.41) is 3.05. The first-order chi connectivity index (χ1) is 6.05. The van der Waals surface area contributed by atoms with Gasteiger partial charge in [-0.05, 0) is 25.7 Å². The van der Waals surface area contributed by atoms with Crippen LogP contribution in [0.25, 0.3) is 0 Å². The Kier molecular flexibility index (Phi) is 1.88. The van der Waals surface area contributed by atoms with Crippen molar-refractivity contribution in [3.8, 4) is 0 Å². The molecule has 0 aromatic heterocycles. The summed E-state index contributed by atoms with van der Waals surface area (Å²) in [4.78, 5) is 11.4. The number of nitrogens with one attached hydrogen (secondary N) is 1. The van der Waals surface area contributed by atoms with Gasteiger partial charge in [-0.2, -0.15) is 0 Å². The average Bonchev–Trinajstić information content (AvgIpc) is 2.78. The molecule has 1 amide bonds. The van der Waals surface area contributed by atoms with Crippen molar-refractivity contribution in [1.29, 1.82) is 0 Å². The number of amides is 1. The summed E-state index contributed by atoms with van der Waals surface area (Å²) in [5.41, 5.74) is -0.0124. The Morgan fingerprint density at radius 2 is 2.15 bits per heavy atom. The van der Waals surface area contributed by atoms with Gasteiger partial charge in [-0.1, -0.05) is 13.8 Å². The van der Waals surface area contributed by atoms with Crippen LogP contribution < -0.4 is 5.32 Å². The van der Waals surface area contributed by atoms with Crippen LogP contribution in [0, 0.1) is 5.92 Å². The highest BCUT2D eigenvalue weighted by molar-refractivity contribution is 5.81. The molecule has 0 bridgehead atoms.